The largest absolute Gasteiger partial charge is 0.332 e. The van der Waals surface area contributed by atoms with Gasteiger partial charge < -0.3 is 4.90 Å². The third kappa shape index (κ3) is 8.46. The monoisotopic (exact) mass is 525 g/mol. The van der Waals surface area contributed by atoms with Gasteiger partial charge in [0, 0.05) is 24.7 Å². The van der Waals surface area contributed by atoms with E-state index < -0.39 is 0 Å². The zero-order valence-electron chi connectivity index (χ0n) is 23.5. The standard InChI is InChI=1S/C31H47N3O2S/c1-5-6-7-8-9-10-11-12-13-17-29(35)34-23-27(26-20-18-24(2)19-21-26)32-30(34)28-16-14-15-22-33(28)31(36)25(3)37-4/h18-21,23,25,28H,5-17,22H2,1-4H3. The van der Waals surface area contributed by atoms with E-state index in [1.54, 1.807) is 16.3 Å². The Bertz CT molecular complexity index is 985. The van der Waals surface area contributed by atoms with Gasteiger partial charge in [-0.1, -0.05) is 88.1 Å². The number of likely N-dealkylation sites (tertiary alicyclic amines) is 1. The van der Waals surface area contributed by atoms with Crippen molar-refractivity contribution in [3.05, 3.63) is 41.9 Å². The fourth-order valence-corrected chi connectivity index (χ4v) is 5.54. The Morgan fingerprint density at radius 1 is 1.00 bits per heavy atom. The number of aromatic nitrogens is 2. The van der Waals surface area contributed by atoms with Crippen LogP contribution >= 0.6 is 11.8 Å². The molecule has 0 bridgehead atoms. The van der Waals surface area contributed by atoms with Crippen LogP contribution in [0, 0.1) is 6.92 Å². The van der Waals surface area contributed by atoms with Crippen LogP contribution in [0.3, 0.4) is 0 Å². The topological polar surface area (TPSA) is 55.2 Å². The van der Waals surface area contributed by atoms with Crippen molar-refractivity contribution in [1.82, 2.24) is 14.5 Å². The van der Waals surface area contributed by atoms with Gasteiger partial charge in [0.25, 0.3) is 0 Å². The summed E-state index contributed by atoms with van der Waals surface area (Å²) in [6.07, 6.45) is 18.4. The lowest BCUT2D eigenvalue weighted by Gasteiger charge is -2.36. The third-order valence-corrected chi connectivity index (χ3v) is 8.54. The minimum absolute atomic E-state index is 0.0969. The quantitative estimate of drug-likeness (QED) is 0.233. The number of aryl methyl sites for hydroxylation is 1. The van der Waals surface area contributed by atoms with E-state index >= 15 is 0 Å². The fraction of sp³-hybridized carbons (Fsp3) is 0.645. The summed E-state index contributed by atoms with van der Waals surface area (Å²) in [5.74, 6) is 0.979. The van der Waals surface area contributed by atoms with Crippen LogP contribution in [0.25, 0.3) is 11.3 Å². The normalized spacial score (nSPS) is 16.6. The highest BCUT2D eigenvalue weighted by Crippen LogP contribution is 2.34. The van der Waals surface area contributed by atoms with Gasteiger partial charge in [-0.3, -0.25) is 14.2 Å². The summed E-state index contributed by atoms with van der Waals surface area (Å²) >= 11 is 1.58. The Kier molecular flexibility index (Phi) is 12.2. The number of carbonyl (C=O) groups is 2. The predicted octanol–water partition coefficient (Wildman–Crippen LogP) is 8.22. The van der Waals surface area contributed by atoms with Gasteiger partial charge in [-0.2, -0.15) is 11.8 Å². The van der Waals surface area contributed by atoms with E-state index in [9.17, 15) is 9.59 Å². The molecule has 6 heteroatoms. The van der Waals surface area contributed by atoms with Crippen molar-refractivity contribution in [3.63, 3.8) is 0 Å². The molecule has 0 spiro atoms. The van der Waals surface area contributed by atoms with E-state index in [1.165, 1.54) is 50.5 Å². The first-order valence-electron chi connectivity index (χ1n) is 14.5. The molecule has 0 radical (unpaired) electrons. The Balaban J connectivity index is 1.74. The molecule has 3 rings (SSSR count). The van der Waals surface area contributed by atoms with Crippen LogP contribution in [-0.4, -0.2) is 44.3 Å². The van der Waals surface area contributed by atoms with Crippen molar-refractivity contribution in [1.29, 1.82) is 0 Å². The molecule has 0 aliphatic carbocycles. The van der Waals surface area contributed by atoms with Gasteiger partial charge in [-0.25, -0.2) is 4.98 Å². The zero-order valence-corrected chi connectivity index (χ0v) is 24.3. The number of hydrogen-bond donors (Lipinski definition) is 0. The highest BCUT2D eigenvalue weighted by molar-refractivity contribution is 7.99. The van der Waals surface area contributed by atoms with Crippen molar-refractivity contribution in [2.45, 2.75) is 116 Å². The second-order valence-electron chi connectivity index (χ2n) is 10.6. The maximum absolute atomic E-state index is 13.5. The smallest absolute Gasteiger partial charge is 0.236 e. The molecule has 1 saturated heterocycles. The van der Waals surface area contributed by atoms with Crippen molar-refractivity contribution >= 4 is 23.6 Å². The first-order valence-corrected chi connectivity index (χ1v) is 15.8. The molecule has 2 heterocycles. The molecular weight excluding hydrogens is 478 g/mol. The summed E-state index contributed by atoms with van der Waals surface area (Å²) in [4.78, 5) is 33.7. The molecule has 0 saturated carbocycles. The molecule has 1 aromatic carbocycles. The number of amides is 1. The van der Waals surface area contributed by atoms with Gasteiger partial charge in [0.05, 0.1) is 17.0 Å². The number of benzene rings is 1. The number of hydrogen-bond acceptors (Lipinski definition) is 4. The van der Waals surface area contributed by atoms with Gasteiger partial charge in [-0.15, -0.1) is 0 Å². The van der Waals surface area contributed by atoms with Crippen LogP contribution in [0.1, 0.15) is 120 Å². The average Bonchev–Trinajstić information content (AvgIpc) is 3.37. The molecule has 1 fully saturated rings. The Morgan fingerprint density at radius 3 is 2.30 bits per heavy atom. The maximum Gasteiger partial charge on any atom is 0.236 e. The summed E-state index contributed by atoms with van der Waals surface area (Å²) in [5.41, 5.74) is 3.01. The minimum atomic E-state index is -0.151. The van der Waals surface area contributed by atoms with E-state index in [0.29, 0.717) is 6.42 Å². The van der Waals surface area contributed by atoms with Crippen molar-refractivity contribution in [3.8, 4) is 11.3 Å². The zero-order chi connectivity index (χ0) is 26.6. The number of unbranched alkanes of at least 4 members (excludes halogenated alkanes) is 8. The van der Waals surface area contributed by atoms with Crippen molar-refractivity contribution in [2.24, 2.45) is 0 Å². The molecule has 204 valence electrons. The fourth-order valence-electron chi connectivity index (χ4n) is 5.20. The second-order valence-corrected chi connectivity index (χ2v) is 11.8. The van der Waals surface area contributed by atoms with Crippen molar-refractivity contribution in [2.75, 3.05) is 12.8 Å². The third-order valence-electron chi connectivity index (χ3n) is 7.63. The van der Waals surface area contributed by atoms with E-state index in [1.807, 2.05) is 24.3 Å². The first-order chi connectivity index (χ1) is 18.0. The highest BCUT2D eigenvalue weighted by atomic mass is 32.2. The summed E-state index contributed by atoms with van der Waals surface area (Å²) in [7, 11) is 0. The number of rotatable bonds is 14. The summed E-state index contributed by atoms with van der Waals surface area (Å²) < 4.78 is 1.78. The van der Waals surface area contributed by atoms with Gasteiger partial charge in [0.1, 0.15) is 5.82 Å². The molecule has 1 aliphatic heterocycles. The Labute approximate surface area is 228 Å². The van der Waals surface area contributed by atoms with Crippen LogP contribution in [0.4, 0.5) is 0 Å². The molecule has 1 amide bonds. The highest BCUT2D eigenvalue weighted by Gasteiger charge is 2.34. The van der Waals surface area contributed by atoms with Crippen molar-refractivity contribution < 1.29 is 9.59 Å². The molecule has 2 atom stereocenters. The van der Waals surface area contributed by atoms with Gasteiger partial charge >= 0.3 is 0 Å². The Morgan fingerprint density at radius 2 is 1.65 bits per heavy atom. The SMILES string of the molecule is CCCCCCCCCCCC(=O)n1cc(-c2ccc(C)cc2)nc1C1CCCCN1C(=O)C(C)SC. The van der Waals surface area contributed by atoms with Crippen LogP contribution in [0.2, 0.25) is 0 Å². The van der Waals surface area contributed by atoms with Gasteiger partial charge in [-0.05, 0) is 45.8 Å². The molecule has 5 nitrogen and oxygen atoms in total. The van der Waals surface area contributed by atoms with Crippen LogP contribution in [0.15, 0.2) is 30.5 Å². The van der Waals surface area contributed by atoms with Crippen LogP contribution in [0.5, 0.6) is 0 Å². The van der Waals surface area contributed by atoms with Gasteiger partial charge in [0.2, 0.25) is 11.8 Å². The van der Waals surface area contributed by atoms with Crippen LogP contribution in [-0.2, 0) is 4.79 Å². The van der Waals surface area contributed by atoms with E-state index in [2.05, 4.69) is 38.1 Å². The lowest BCUT2D eigenvalue weighted by molar-refractivity contribution is -0.134. The second kappa shape index (κ2) is 15.4. The number of imidazole rings is 1. The number of nitrogens with zero attached hydrogens (tertiary/aromatic N) is 3. The maximum atomic E-state index is 13.5. The van der Waals surface area contributed by atoms with E-state index in [4.69, 9.17) is 4.98 Å². The lowest BCUT2D eigenvalue weighted by atomic mass is 10.0. The number of thioether (sulfide) groups is 1. The number of carbonyl (C=O) groups excluding carboxylic acids is 2. The molecule has 2 unspecified atom stereocenters. The van der Waals surface area contributed by atoms with Crippen LogP contribution < -0.4 is 0 Å². The lowest BCUT2D eigenvalue weighted by Crippen LogP contribution is -2.43. The molecule has 1 aromatic heterocycles. The molecule has 0 N–H and O–H groups in total. The number of piperidine rings is 1. The summed E-state index contributed by atoms with van der Waals surface area (Å²) in [6, 6.07) is 8.14. The average molecular weight is 526 g/mol. The molecule has 1 aliphatic rings. The minimum Gasteiger partial charge on any atom is -0.332 e. The van der Waals surface area contributed by atoms with Gasteiger partial charge in [0.15, 0.2) is 0 Å². The first kappa shape index (κ1) is 29.5. The van der Waals surface area contributed by atoms with E-state index in [-0.39, 0.29) is 23.1 Å². The predicted molar refractivity (Wildman–Crippen MR) is 156 cm³/mol. The molecule has 37 heavy (non-hydrogen) atoms. The summed E-state index contributed by atoms with van der Waals surface area (Å²) in [6.45, 7) is 7.02. The molecule has 2 aromatic rings. The summed E-state index contributed by atoms with van der Waals surface area (Å²) in [5, 5.41) is -0.0988. The Hall–Kier alpha value is -2.08. The molecular formula is C31H47N3O2S. The van der Waals surface area contributed by atoms with E-state index in [0.717, 1.165) is 55.7 Å².